The normalized spacial score (nSPS) is 14.6. The van der Waals surface area contributed by atoms with Crippen molar-refractivity contribution in [2.75, 3.05) is 39.2 Å². The minimum absolute atomic E-state index is 0.0123. The molecule has 1 aromatic carbocycles. The van der Waals surface area contributed by atoms with E-state index in [4.69, 9.17) is 4.74 Å². The van der Waals surface area contributed by atoms with Crippen LogP contribution >= 0.6 is 0 Å². The van der Waals surface area contributed by atoms with Crippen molar-refractivity contribution in [3.05, 3.63) is 42.1 Å². The van der Waals surface area contributed by atoms with Crippen LogP contribution < -0.4 is 9.64 Å². The number of aromatic nitrogens is 1. The number of nitrogens with zero attached hydrogens (tertiary/aromatic N) is 3. The van der Waals surface area contributed by atoms with E-state index < -0.39 is 0 Å². The Kier molecular flexibility index (Phi) is 3.71. The maximum Gasteiger partial charge on any atom is 0.257 e. The van der Waals surface area contributed by atoms with Crippen LogP contribution in [0.25, 0.3) is 11.3 Å². The van der Waals surface area contributed by atoms with Crippen molar-refractivity contribution in [2.45, 2.75) is 0 Å². The molecule has 114 valence electrons. The lowest BCUT2D eigenvalue weighted by molar-refractivity contribution is 0.0805. The highest BCUT2D eigenvalue weighted by molar-refractivity contribution is 6.05. The minimum Gasteiger partial charge on any atom is -0.497 e. The summed E-state index contributed by atoms with van der Waals surface area (Å²) >= 11 is 0. The van der Waals surface area contributed by atoms with Gasteiger partial charge in [-0.05, 0) is 30.3 Å². The molecule has 5 nitrogen and oxygen atoms in total. The number of carbonyl (C=O) groups excluding carboxylic acids is 1. The van der Waals surface area contributed by atoms with Crippen LogP contribution in [-0.2, 0) is 0 Å². The molecule has 0 unspecified atom stereocenters. The average Bonchev–Trinajstić information content (AvgIpc) is 2.67. The monoisotopic (exact) mass is 297 g/mol. The van der Waals surface area contributed by atoms with Crippen molar-refractivity contribution in [1.82, 2.24) is 9.88 Å². The second-order valence-electron chi connectivity index (χ2n) is 5.43. The molecule has 0 atom stereocenters. The summed E-state index contributed by atoms with van der Waals surface area (Å²) in [5.41, 5.74) is 3.21. The first kappa shape index (κ1) is 14.4. The van der Waals surface area contributed by atoms with Crippen LogP contribution in [0, 0.1) is 0 Å². The maximum absolute atomic E-state index is 12.7. The zero-order chi connectivity index (χ0) is 15.7. The molecule has 3 rings (SSSR count). The number of methoxy groups -OCH3 is 1. The van der Waals surface area contributed by atoms with E-state index in [0.29, 0.717) is 17.8 Å². The number of carbonyl (C=O) groups is 1. The smallest absolute Gasteiger partial charge is 0.257 e. The molecule has 0 fully saturated rings. The van der Waals surface area contributed by atoms with Crippen molar-refractivity contribution in [1.29, 1.82) is 0 Å². The van der Waals surface area contributed by atoms with Gasteiger partial charge in [-0.2, -0.15) is 0 Å². The highest BCUT2D eigenvalue weighted by Crippen LogP contribution is 2.32. The van der Waals surface area contributed by atoms with Crippen LogP contribution in [-0.4, -0.2) is 50.1 Å². The molecule has 22 heavy (non-hydrogen) atoms. The van der Waals surface area contributed by atoms with Crippen LogP contribution in [0.4, 0.5) is 5.69 Å². The number of likely N-dealkylation sites (N-methyl/N-ethyl adjacent to an activating group) is 2. The molecular formula is C17H19N3O2. The fraction of sp³-hybridized carbons (Fsp3) is 0.294. The lowest BCUT2D eigenvalue weighted by Crippen LogP contribution is -2.30. The number of hydrogen-bond donors (Lipinski definition) is 0. The van der Waals surface area contributed by atoms with E-state index in [9.17, 15) is 4.79 Å². The molecule has 0 saturated heterocycles. The Morgan fingerprint density at radius 1 is 1.05 bits per heavy atom. The van der Waals surface area contributed by atoms with Crippen molar-refractivity contribution in [3.63, 3.8) is 0 Å². The predicted molar refractivity (Wildman–Crippen MR) is 86.5 cm³/mol. The quantitative estimate of drug-likeness (QED) is 0.853. The van der Waals surface area contributed by atoms with Gasteiger partial charge in [0.15, 0.2) is 0 Å². The number of amides is 1. The van der Waals surface area contributed by atoms with Crippen molar-refractivity contribution < 1.29 is 9.53 Å². The van der Waals surface area contributed by atoms with Gasteiger partial charge in [0.05, 0.1) is 24.1 Å². The Morgan fingerprint density at radius 2 is 1.73 bits per heavy atom. The summed E-state index contributed by atoms with van der Waals surface area (Å²) in [7, 11) is 5.47. The van der Waals surface area contributed by atoms with E-state index in [-0.39, 0.29) is 5.91 Å². The van der Waals surface area contributed by atoms with E-state index in [0.717, 1.165) is 23.5 Å². The van der Waals surface area contributed by atoms with Gasteiger partial charge >= 0.3 is 0 Å². The third-order valence-corrected chi connectivity index (χ3v) is 4.04. The first-order chi connectivity index (χ1) is 10.6. The number of hydrogen-bond acceptors (Lipinski definition) is 4. The molecule has 0 aliphatic carbocycles. The summed E-state index contributed by atoms with van der Waals surface area (Å²) in [6, 6.07) is 9.52. The summed E-state index contributed by atoms with van der Waals surface area (Å²) in [5.74, 6) is 0.796. The van der Waals surface area contributed by atoms with Crippen LogP contribution in [0.1, 0.15) is 10.4 Å². The van der Waals surface area contributed by atoms with E-state index in [1.54, 1.807) is 18.2 Å². The van der Waals surface area contributed by atoms with Crippen molar-refractivity contribution in [2.24, 2.45) is 0 Å². The molecule has 1 amide bonds. The summed E-state index contributed by atoms with van der Waals surface area (Å²) < 4.78 is 5.19. The predicted octanol–water partition coefficient (Wildman–Crippen LogP) is 2.28. The van der Waals surface area contributed by atoms with E-state index in [1.165, 1.54) is 0 Å². The van der Waals surface area contributed by atoms with Crippen molar-refractivity contribution in [3.8, 4) is 17.0 Å². The van der Waals surface area contributed by atoms with Gasteiger partial charge in [0.2, 0.25) is 0 Å². The second kappa shape index (κ2) is 5.67. The summed E-state index contributed by atoms with van der Waals surface area (Å²) in [5, 5.41) is 0. The summed E-state index contributed by atoms with van der Waals surface area (Å²) in [4.78, 5) is 21.0. The van der Waals surface area contributed by atoms with E-state index in [1.807, 2.05) is 44.4 Å². The van der Waals surface area contributed by atoms with Gasteiger partial charge in [0.1, 0.15) is 5.75 Å². The molecule has 0 saturated carbocycles. The topological polar surface area (TPSA) is 45.7 Å². The largest absolute Gasteiger partial charge is 0.497 e. The Morgan fingerprint density at radius 3 is 2.41 bits per heavy atom. The zero-order valence-corrected chi connectivity index (χ0v) is 13.0. The van der Waals surface area contributed by atoms with Crippen LogP contribution in [0.5, 0.6) is 5.75 Å². The number of fused-ring (bicyclic) bond motifs is 1. The van der Waals surface area contributed by atoms with Crippen LogP contribution in [0.15, 0.2) is 36.5 Å². The first-order valence-corrected chi connectivity index (χ1v) is 7.22. The van der Waals surface area contributed by atoms with Crippen LogP contribution in [0.2, 0.25) is 0 Å². The molecule has 2 heterocycles. The first-order valence-electron chi connectivity index (χ1n) is 7.22. The number of benzene rings is 1. The fourth-order valence-electron chi connectivity index (χ4n) is 2.66. The summed E-state index contributed by atoms with van der Waals surface area (Å²) in [6.45, 7) is 1.51. The fourth-order valence-corrected chi connectivity index (χ4v) is 2.66. The van der Waals surface area contributed by atoms with Gasteiger partial charge in [-0.15, -0.1) is 0 Å². The maximum atomic E-state index is 12.7. The Labute approximate surface area is 130 Å². The molecule has 5 heteroatoms. The Balaban J connectivity index is 2.16. The molecular weight excluding hydrogens is 278 g/mol. The van der Waals surface area contributed by atoms with Crippen LogP contribution in [0.3, 0.4) is 0 Å². The van der Waals surface area contributed by atoms with Crippen molar-refractivity contribution >= 4 is 11.6 Å². The second-order valence-corrected chi connectivity index (χ2v) is 5.43. The van der Waals surface area contributed by atoms with E-state index >= 15 is 0 Å². The molecule has 1 aliphatic rings. The highest BCUT2D eigenvalue weighted by Gasteiger charge is 2.26. The third kappa shape index (κ3) is 2.39. The molecule has 1 aromatic heterocycles. The molecule has 0 bridgehead atoms. The lowest BCUT2D eigenvalue weighted by Gasteiger charge is -2.19. The Hall–Kier alpha value is -2.56. The third-order valence-electron chi connectivity index (χ3n) is 4.04. The number of anilines is 1. The highest BCUT2D eigenvalue weighted by atomic mass is 16.5. The number of rotatable bonds is 2. The van der Waals surface area contributed by atoms with Gasteiger partial charge in [-0.25, -0.2) is 0 Å². The van der Waals surface area contributed by atoms with Gasteiger partial charge in [-0.3, -0.25) is 9.78 Å². The molecule has 0 radical (unpaired) electrons. The van der Waals surface area contributed by atoms with E-state index in [2.05, 4.69) is 9.88 Å². The van der Waals surface area contributed by atoms with Gasteiger partial charge < -0.3 is 14.5 Å². The molecule has 2 aromatic rings. The SMILES string of the molecule is COc1ccc(-c2nccc3c2C(=O)N(C)CCN3C)cc1. The standard InChI is InChI=1S/C17H19N3O2/c1-19-10-11-20(2)17(21)15-14(19)8-9-18-16(15)12-4-6-13(22-3)7-5-12/h4-9H,10-11H2,1-3H3. The van der Waals surface area contributed by atoms with Gasteiger partial charge in [-0.1, -0.05) is 0 Å². The minimum atomic E-state index is 0.0123. The molecule has 1 aliphatic heterocycles. The number of ether oxygens (including phenoxy) is 1. The molecule has 0 N–H and O–H groups in total. The average molecular weight is 297 g/mol. The number of pyridine rings is 1. The summed E-state index contributed by atoms with van der Waals surface area (Å²) in [6.07, 6.45) is 1.76. The van der Waals surface area contributed by atoms with Gasteiger partial charge in [0, 0.05) is 38.9 Å². The Bertz CT molecular complexity index is 698. The zero-order valence-electron chi connectivity index (χ0n) is 13.0. The van der Waals surface area contributed by atoms with Gasteiger partial charge in [0.25, 0.3) is 5.91 Å². The lowest BCUT2D eigenvalue weighted by atomic mass is 10.0. The molecule has 0 spiro atoms.